The molecule has 10 nitrogen and oxygen atoms in total. The highest BCUT2D eigenvalue weighted by Crippen LogP contribution is 2.45. The average Bonchev–Trinajstić information content (AvgIpc) is 3.68. The third-order valence-electron chi connectivity index (χ3n) is 6.91. The Bertz CT molecular complexity index is 1910. The maximum absolute atomic E-state index is 13.6. The Kier molecular flexibility index (Phi) is 7.23. The van der Waals surface area contributed by atoms with Crippen molar-refractivity contribution in [2.45, 2.75) is 32.3 Å². The molecule has 5 aromatic rings. The number of hydrogen-bond acceptors (Lipinski definition) is 8. The predicted octanol–water partition coefficient (Wildman–Crippen LogP) is 7.33. The lowest BCUT2D eigenvalue weighted by molar-refractivity contribution is 0.0635. The van der Waals surface area contributed by atoms with Crippen LogP contribution in [0.4, 0.5) is 21.3 Å². The van der Waals surface area contributed by atoms with Crippen LogP contribution in [0, 0.1) is 0 Å². The Morgan fingerprint density at radius 1 is 1.12 bits per heavy atom. The Morgan fingerprint density at radius 2 is 1.88 bits per heavy atom. The fourth-order valence-electron chi connectivity index (χ4n) is 5.13. The molecule has 3 amide bonds. The van der Waals surface area contributed by atoms with Crippen molar-refractivity contribution in [2.24, 2.45) is 0 Å². The van der Waals surface area contributed by atoms with Crippen molar-refractivity contribution in [3.63, 3.8) is 0 Å². The van der Waals surface area contributed by atoms with E-state index in [0.29, 0.717) is 40.2 Å². The highest BCUT2D eigenvalue weighted by Gasteiger charge is 2.35. The molecule has 0 unspecified atom stereocenters. The number of fused-ring (bicyclic) bond motifs is 4. The van der Waals surface area contributed by atoms with E-state index in [4.69, 9.17) is 20.8 Å². The molecule has 1 aliphatic heterocycles. The molecule has 0 bridgehead atoms. The number of phenols is 1. The number of thiazole rings is 1. The molecule has 3 aromatic carbocycles. The van der Waals surface area contributed by atoms with Gasteiger partial charge in [-0.25, -0.2) is 9.78 Å². The molecule has 0 aliphatic carbocycles. The third kappa shape index (κ3) is 5.61. The third-order valence-corrected chi connectivity index (χ3v) is 8.04. The Labute approximate surface area is 255 Å². The van der Waals surface area contributed by atoms with Gasteiger partial charge in [0.2, 0.25) is 0 Å². The van der Waals surface area contributed by atoms with Gasteiger partial charge in [0.1, 0.15) is 22.6 Å². The molecular formula is C31H27ClN4O6S. The predicted molar refractivity (Wildman–Crippen MR) is 167 cm³/mol. The van der Waals surface area contributed by atoms with Gasteiger partial charge in [0.05, 0.1) is 5.69 Å². The minimum atomic E-state index is -0.640. The summed E-state index contributed by atoms with van der Waals surface area (Å²) in [5.74, 6) is -0.609. The largest absolute Gasteiger partial charge is 0.507 e. The number of phenolic OH excluding ortho intramolecular Hbond substituents is 1. The van der Waals surface area contributed by atoms with Gasteiger partial charge < -0.3 is 19.2 Å². The van der Waals surface area contributed by atoms with Crippen molar-refractivity contribution in [1.29, 1.82) is 0 Å². The maximum atomic E-state index is 13.6. The molecule has 3 N–H and O–H groups in total. The van der Waals surface area contributed by atoms with Crippen LogP contribution >= 0.6 is 22.9 Å². The number of anilines is 3. The molecule has 0 spiro atoms. The van der Waals surface area contributed by atoms with Crippen molar-refractivity contribution in [3.05, 3.63) is 77.0 Å². The lowest BCUT2D eigenvalue weighted by Crippen LogP contribution is -2.30. The van der Waals surface area contributed by atoms with Gasteiger partial charge in [0.15, 0.2) is 10.9 Å². The van der Waals surface area contributed by atoms with Crippen molar-refractivity contribution in [2.75, 3.05) is 28.0 Å². The van der Waals surface area contributed by atoms with E-state index in [9.17, 15) is 19.5 Å². The summed E-state index contributed by atoms with van der Waals surface area (Å²) in [7, 11) is 0. The van der Waals surface area contributed by atoms with Crippen LogP contribution in [0.25, 0.3) is 21.7 Å². The molecule has 12 heteroatoms. The summed E-state index contributed by atoms with van der Waals surface area (Å²) < 4.78 is 11.0. The fraction of sp³-hybridized carbons (Fsp3) is 0.226. The number of nitrogens with zero attached hydrogens (tertiary/aromatic N) is 2. The van der Waals surface area contributed by atoms with E-state index in [2.05, 4.69) is 15.6 Å². The first-order chi connectivity index (χ1) is 20.5. The van der Waals surface area contributed by atoms with Gasteiger partial charge in [0, 0.05) is 46.2 Å². The first-order valence-electron chi connectivity index (χ1n) is 13.4. The summed E-state index contributed by atoms with van der Waals surface area (Å²) in [5.41, 5.74) is 1.95. The van der Waals surface area contributed by atoms with Crippen molar-refractivity contribution >= 4 is 79.1 Å². The number of rotatable bonds is 5. The van der Waals surface area contributed by atoms with E-state index >= 15 is 0 Å². The standard InChI is InChI=1S/C31H27ClN4O6S/c1-31(2,3)42-30(40)33-18-8-9-24-16(10-18)11-25(41-24)27(38)35-29-34-21(15-43-29)28(39)36-14-17(13-32)26-20-7-5-4-6-19(20)23(37)12-22(26)36/h4-12,15,17,37H,13-14H2,1-3H3,(H,33,40)(H,34,35,38)/t17-/m1/s1. The van der Waals surface area contributed by atoms with Gasteiger partial charge in [-0.05, 0) is 56.0 Å². The van der Waals surface area contributed by atoms with E-state index in [1.807, 2.05) is 24.3 Å². The van der Waals surface area contributed by atoms with Gasteiger partial charge >= 0.3 is 6.09 Å². The van der Waals surface area contributed by atoms with Crippen LogP contribution in [0.15, 0.2) is 64.4 Å². The summed E-state index contributed by atoms with van der Waals surface area (Å²) >= 11 is 7.40. The summed E-state index contributed by atoms with van der Waals surface area (Å²) in [6, 6.07) is 15.6. The second-order valence-corrected chi connectivity index (χ2v) is 12.3. The minimum Gasteiger partial charge on any atom is -0.507 e. The normalized spacial score (nSPS) is 14.6. The molecule has 220 valence electrons. The summed E-state index contributed by atoms with van der Waals surface area (Å²) in [5, 5.41) is 19.9. The Balaban J connectivity index is 1.18. The minimum absolute atomic E-state index is 0.0354. The molecule has 0 radical (unpaired) electrons. The van der Waals surface area contributed by atoms with Crippen LogP contribution in [-0.2, 0) is 4.74 Å². The Morgan fingerprint density at radius 3 is 2.63 bits per heavy atom. The second-order valence-electron chi connectivity index (χ2n) is 11.1. The van der Waals surface area contributed by atoms with Crippen LogP contribution in [0.2, 0.25) is 0 Å². The van der Waals surface area contributed by atoms with Crippen LogP contribution in [0.3, 0.4) is 0 Å². The van der Waals surface area contributed by atoms with Gasteiger partial charge in [-0.2, -0.15) is 0 Å². The molecule has 6 rings (SSSR count). The number of nitrogens with one attached hydrogen (secondary N) is 2. The first-order valence-corrected chi connectivity index (χ1v) is 14.8. The number of alkyl halides is 1. The van der Waals surface area contributed by atoms with E-state index in [1.54, 1.807) is 61.4 Å². The second kappa shape index (κ2) is 10.9. The fourth-order valence-corrected chi connectivity index (χ4v) is 6.06. The van der Waals surface area contributed by atoms with Gasteiger partial charge in [-0.1, -0.05) is 24.3 Å². The smallest absolute Gasteiger partial charge is 0.412 e. The van der Waals surface area contributed by atoms with E-state index < -0.39 is 17.6 Å². The van der Waals surface area contributed by atoms with Gasteiger partial charge in [-0.3, -0.25) is 20.2 Å². The zero-order valence-corrected chi connectivity index (χ0v) is 25.0. The molecule has 1 aliphatic rings. The summed E-state index contributed by atoms with van der Waals surface area (Å²) in [6.45, 7) is 5.66. The van der Waals surface area contributed by atoms with E-state index in [0.717, 1.165) is 22.3 Å². The molecule has 2 aromatic heterocycles. The number of amides is 3. The SMILES string of the molecule is CC(C)(C)OC(=O)Nc1ccc2oc(C(=O)Nc3nc(C(=O)N4C[C@@H](CCl)c5c4cc(O)c4ccccc54)cs3)cc2c1. The molecule has 43 heavy (non-hydrogen) atoms. The number of furan rings is 1. The summed E-state index contributed by atoms with van der Waals surface area (Å²) in [6.07, 6.45) is -0.594. The number of carbonyl (C=O) groups is 3. The quantitative estimate of drug-likeness (QED) is 0.176. The van der Waals surface area contributed by atoms with Crippen LogP contribution < -0.4 is 15.5 Å². The number of aromatic hydroxyl groups is 1. The van der Waals surface area contributed by atoms with Crippen molar-refractivity contribution in [3.8, 4) is 5.75 Å². The van der Waals surface area contributed by atoms with Crippen molar-refractivity contribution < 1.29 is 28.6 Å². The highest BCUT2D eigenvalue weighted by molar-refractivity contribution is 7.14. The van der Waals surface area contributed by atoms with Crippen molar-refractivity contribution in [1.82, 2.24) is 4.98 Å². The van der Waals surface area contributed by atoms with Gasteiger partial charge in [-0.15, -0.1) is 22.9 Å². The lowest BCUT2D eigenvalue weighted by Gasteiger charge is -2.19. The van der Waals surface area contributed by atoms with E-state index in [-0.39, 0.29) is 34.2 Å². The molecule has 0 fully saturated rings. The zero-order chi connectivity index (χ0) is 30.5. The van der Waals surface area contributed by atoms with Gasteiger partial charge in [0.25, 0.3) is 11.8 Å². The number of aromatic nitrogens is 1. The summed E-state index contributed by atoms with van der Waals surface area (Å²) in [4.78, 5) is 44.6. The number of benzene rings is 3. The Hall–Kier alpha value is -4.61. The molecular weight excluding hydrogens is 592 g/mol. The molecule has 3 heterocycles. The average molecular weight is 619 g/mol. The molecule has 0 saturated carbocycles. The number of hydrogen-bond donors (Lipinski definition) is 3. The topological polar surface area (TPSA) is 134 Å². The van der Waals surface area contributed by atoms with E-state index in [1.165, 1.54) is 0 Å². The zero-order valence-electron chi connectivity index (χ0n) is 23.4. The molecule has 1 atom stereocenters. The lowest BCUT2D eigenvalue weighted by atomic mass is 9.95. The molecule has 0 saturated heterocycles. The van der Waals surface area contributed by atoms with Crippen LogP contribution in [0.1, 0.15) is 53.3 Å². The maximum Gasteiger partial charge on any atom is 0.412 e. The monoisotopic (exact) mass is 618 g/mol. The number of halogens is 1. The number of ether oxygens (including phenoxy) is 1. The van der Waals surface area contributed by atoms with Crippen LogP contribution in [0.5, 0.6) is 5.75 Å². The first kappa shape index (κ1) is 28.5. The highest BCUT2D eigenvalue weighted by atomic mass is 35.5. The number of carbonyl (C=O) groups excluding carboxylic acids is 3. The van der Waals surface area contributed by atoms with Crippen LogP contribution in [-0.4, -0.2) is 46.0 Å².